The van der Waals surface area contributed by atoms with E-state index in [-0.39, 0.29) is 31.1 Å². The predicted octanol–water partition coefficient (Wildman–Crippen LogP) is 22.0. The summed E-state index contributed by atoms with van der Waals surface area (Å²) in [6.45, 7) is 6.39. The number of hydrogen-bond acceptors (Lipinski definition) is 6. The minimum Gasteiger partial charge on any atom is -0.462 e. The lowest BCUT2D eigenvalue weighted by molar-refractivity contribution is -0.167. The van der Waals surface area contributed by atoms with Crippen LogP contribution in [0, 0.1) is 0 Å². The Hall–Kier alpha value is -4.19. The van der Waals surface area contributed by atoms with E-state index in [1.165, 1.54) is 109 Å². The van der Waals surface area contributed by atoms with Crippen molar-refractivity contribution < 1.29 is 28.6 Å². The molecule has 0 rings (SSSR count). The van der Waals surface area contributed by atoms with Crippen LogP contribution < -0.4 is 0 Å². The lowest BCUT2D eigenvalue weighted by Gasteiger charge is -2.18. The molecule has 0 saturated heterocycles. The Bertz CT molecular complexity index is 1600. The normalized spacial score (nSPS) is 12.9. The third-order valence-electron chi connectivity index (χ3n) is 13.5. The molecule has 1 unspecified atom stereocenters. The van der Waals surface area contributed by atoms with Crippen LogP contribution in [0.2, 0.25) is 0 Å². The Morgan fingerprint density at radius 1 is 0.273 bits per heavy atom. The smallest absolute Gasteiger partial charge is 0.306 e. The second kappa shape index (κ2) is 64.3. The van der Waals surface area contributed by atoms with Crippen molar-refractivity contribution in [2.75, 3.05) is 13.2 Å². The molecule has 0 N–H and O–H groups in total. The first kappa shape index (κ1) is 72.8. The molecule has 0 aliphatic heterocycles. The van der Waals surface area contributed by atoms with Crippen LogP contribution in [0.25, 0.3) is 0 Å². The summed E-state index contributed by atoms with van der Waals surface area (Å²) in [4.78, 5) is 38.1. The number of carbonyl (C=O) groups is 3. The van der Waals surface area contributed by atoms with Gasteiger partial charge in [0.15, 0.2) is 6.10 Å². The molecule has 438 valence electrons. The Kier molecular flexibility index (Phi) is 60.8. The van der Waals surface area contributed by atoms with Crippen LogP contribution in [0.4, 0.5) is 0 Å². The molecule has 0 heterocycles. The largest absolute Gasteiger partial charge is 0.462 e. The number of hydrogen-bond donors (Lipinski definition) is 0. The first-order valence-electron chi connectivity index (χ1n) is 32.0. The van der Waals surface area contributed by atoms with Gasteiger partial charge in [-0.25, -0.2) is 0 Å². The summed E-state index contributed by atoms with van der Waals surface area (Å²) in [5.74, 6) is -0.901. The van der Waals surface area contributed by atoms with E-state index in [2.05, 4.69) is 142 Å². The van der Waals surface area contributed by atoms with Crippen molar-refractivity contribution in [1.82, 2.24) is 0 Å². The monoisotopic (exact) mass is 1070 g/mol. The van der Waals surface area contributed by atoms with Gasteiger partial charge in [-0.3, -0.25) is 14.4 Å². The number of rotatable bonds is 57. The third-order valence-corrected chi connectivity index (χ3v) is 13.5. The molecule has 0 bridgehead atoms. The van der Waals surface area contributed by atoms with Crippen LogP contribution >= 0.6 is 0 Å². The van der Waals surface area contributed by atoms with Crippen molar-refractivity contribution in [3.05, 3.63) is 122 Å². The van der Waals surface area contributed by atoms with Crippen LogP contribution in [-0.4, -0.2) is 37.2 Å². The zero-order chi connectivity index (χ0) is 55.7. The van der Waals surface area contributed by atoms with Gasteiger partial charge < -0.3 is 14.2 Å². The predicted molar refractivity (Wildman–Crippen MR) is 334 cm³/mol. The molecule has 0 aromatic rings. The molecule has 0 aliphatic rings. The molecule has 0 spiro atoms. The highest BCUT2D eigenvalue weighted by Gasteiger charge is 2.19. The van der Waals surface area contributed by atoms with E-state index in [0.717, 1.165) is 141 Å². The van der Waals surface area contributed by atoms with Crippen molar-refractivity contribution in [3.63, 3.8) is 0 Å². The average Bonchev–Trinajstić information content (AvgIpc) is 3.43. The number of ether oxygens (including phenoxy) is 3. The van der Waals surface area contributed by atoms with Gasteiger partial charge in [-0.1, -0.05) is 284 Å². The topological polar surface area (TPSA) is 78.9 Å². The summed E-state index contributed by atoms with van der Waals surface area (Å²) >= 11 is 0. The third kappa shape index (κ3) is 62.5. The molecule has 1 atom stereocenters. The van der Waals surface area contributed by atoms with Gasteiger partial charge in [-0.2, -0.15) is 0 Å². The van der Waals surface area contributed by atoms with Gasteiger partial charge in [0, 0.05) is 19.3 Å². The standard InChI is InChI=1S/C71H118O6/c1-4-7-10-13-16-19-21-23-25-26-27-28-29-30-31-32-33-34-35-36-37-38-39-40-41-42-43-44-46-47-49-52-55-58-61-64-70(73)76-67-68(66-75-69(72)63-60-57-54-51-18-15-12-9-6-3)77-71(74)65-62-59-56-53-50-48-45-24-22-20-17-14-11-8-5-2/h7-8,10-11,16-17,19-20,23-25,27-28,30-31,33-34,36-37,45,68H,4-6,9,12-15,18,21-22,26,29,32,35,38-44,46-67H2,1-3H3/b10-7-,11-8-,19-16-,20-17-,25-23-,28-27-,31-30-,34-33-,37-36-,45-24-. The average molecular weight is 1070 g/mol. The molecule has 0 aromatic carbocycles. The van der Waals surface area contributed by atoms with Crippen molar-refractivity contribution in [2.24, 2.45) is 0 Å². The lowest BCUT2D eigenvalue weighted by atomic mass is 10.0. The summed E-state index contributed by atoms with van der Waals surface area (Å²) in [5, 5.41) is 0. The zero-order valence-corrected chi connectivity index (χ0v) is 50.2. The minimum atomic E-state index is -0.786. The lowest BCUT2D eigenvalue weighted by Crippen LogP contribution is -2.30. The van der Waals surface area contributed by atoms with Gasteiger partial charge in [0.25, 0.3) is 0 Å². The first-order valence-corrected chi connectivity index (χ1v) is 32.0. The van der Waals surface area contributed by atoms with Crippen LogP contribution in [0.1, 0.15) is 290 Å². The van der Waals surface area contributed by atoms with E-state index < -0.39 is 6.10 Å². The molecule has 0 aromatic heterocycles. The molecule has 77 heavy (non-hydrogen) atoms. The van der Waals surface area contributed by atoms with Crippen molar-refractivity contribution in [1.29, 1.82) is 0 Å². The van der Waals surface area contributed by atoms with E-state index in [9.17, 15) is 14.4 Å². The SMILES string of the molecule is CC/C=C\C/C=C\C/C=C\C/C=C\C/C=C\C/C=C\C/C=C\CCCCCCCCCCCCCCCC(=O)OCC(COC(=O)CCCCCCCCCCC)OC(=O)CCCCCCC/C=C\C/C=C\C/C=C\CC. The van der Waals surface area contributed by atoms with Gasteiger partial charge in [-0.05, 0) is 109 Å². The summed E-state index contributed by atoms with van der Waals surface area (Å²) in [7, 11) is 0. The van der Waals surface area contributed by atoms with E-state index in [4.69, 9.17) is 14.2 Å². The summed E-state index contributed by atoms with van der Waals surface area (Å²) < 4.78 is 16.8. The number of unbranched alkanes of at least 4 members (excludes halogenated alkanes) is 26. The van der Waals surface area contributed by atoms with E-state index in [0.29, 0.717) is 19.3 Å². The summed E-state index contributed by atoms with van der Waals surface area (Å²) in [6.07, 6.45) is 89.4. The molecule has 6 heteroatoms. The van der Waals surface area contributed by atoms with Crippen molar-refractivity contribution in [3.8, 4) is 0 Å². The minimum absolute atomic E-state index is 0.0837. The summed E-state index contributed by atoms with van der Waals surface area (Å²) in [5.41, 5.74) is 0. The van der Waals surface area contributed by atoms with E-state index >= 15 is 0 Å². The molecule has 6 nitrogen and oxygen atoms in total. The highest BCUT2D eigenvalue weighted by atomic mass is 16.6. The van der Waals surface area contributed by atoms with Gasteiger partial charge in [0.2, 0.25) is 0 Å². The maximum absolute atomic E-state index is 12.8. The number of allylic oxidation sites excluding steroid dienone is 20. The zero-order valence-electron chi connectivity index (χ0n) is 50.2. The van der Waals surface area contributed by atoms with Crippen molar-refractivity contribution in [2.45, 2.75) is 297 Å². The number of carbonyl (C=O) groups excluding carboxylic acids is 3. The Balaban J connectivity index is 4.11. The van der Waals surface area contributed by atoms with Crippen LogP contribution in [0.5, 0.6) is 0 Å². The highest BCUT2D eigenvalue weighted by molar-refractivity contribution is 5.71. The van der Waals surface area contributed by atoms with Gasteiger partial charge in [0.05, 0.1) is 0 Å². The molecule has 0 radical (unpaired) electrons. The maximum atomic E-state index is 12.8. The van der Waals surface area contributed by atoms with E-state index in [1.54, 1.807) is 0 Å². The Morgan fingerprint density at radius 3 is 0.792 bits per heavy atom. The first-order chi connectivity index (χ1) is 38.0. The van der Waals surface area contributed by atoms with Gasteiger partial charge in [-0.15, -0.1) is 0 Å². The fraction of sp³-hybridized carbons (Fsp3) is 0.676. The van der Waals surface area contributed by atoms with Crippen molar-refractivity contribution >= 4 is 17.9 Å². The molecule has 0 fully saturated rings. The van der Waals surface area contributed by atoms with Gasteiger partial charge in [0.1, 0.15) is 13.2 Å². The molecule has 0 amide bonds. The quantitative estimate of drug-likeness (QED) is 0.0261. The fourth-order valence-electron chi connectivity index (χ4n) is 8.73. The second-order valence-corrected chi connectivity index (χ2v) is 20.9. The second-order valence-electron chi connectivity index (χ2n) is 20.9. The molecule has 0 aliphatic carbocycles. The maximum Gasteiger partial charge on any atom is 0.306 e. The highest BCUT2D eigenvalue weighted by Crippen LogP contribution is 2.16. The van der Waals surface area contributed by atoms with Crippen LogP contribution in [-0.2, 0) is 28.6 Å². The number of esters is 3. The summed E-state index contributed by atoms with van der Waals surface area (Å²) in [6, 6.07) is 0. The Labute approximate surface area is 475 Å². The Morgan fingerprint density at radius 2 is 0.506 bits per heavy atom. The fourth-order valence-corrected chi connectivity index (χ4v) is 8.73. The van der Waals surface area contributed by atoms with Crippen LogP contribution in [0.15, 0.2) is 122 Å². The van der Waals surface area contributed by atoms with E-state index in [1.807, 2.05) is 0 Å². The molecular formula is C71H118O6. The molecule has 0 saturated carbocycles. The van der Waals surface area contributed by atoms with Crippen LogP contribution in [0.3, 0.4) is 0 Å². The van der Waals surface area contributed by atoms with Gasteiger partial charge >= 0.3 is 17.9 Å². The molecular weight excluding hydrogens is 949 g/mol.